The summed E-state index contributed by atoms with van der Waals surface area (Å²) >= 11 is 0. The first kappa shape index (κ1) is 19.4. The lowest BCUT2D eigenvalue weighted by atomic mass is 10.2. The smallest absolute Gasteiger partial charge is 0.298 e. The third-order valence-electron chi connectivity index (χ3n) is 6.04. The lowest BCUT2D eigenvalue weighted by molar-refractivity contribution is 0.122. The predicted octanol–water partition coefficient (Wildman–Crippen LogP) is 1.47. The van der Waals surface area contributed by atoms with Crippen LogP contribution in [0.5, 0.6) is 6.01 Å². The number of imidazole rings is 2. The number of benzene rings is 1. The van der Waals surface area contributed by atoms with Crippen LogP contribution in [0, 0.1) is 0 Å². The number of hydrogen-bond donors (Lipinski definition) is 0. The molecular weight excluding hydrogens is 408 g/mol. The maximum Gasteiger partial charge on any atom is 0.298 e. The second kappa shape index (κ2) is 7.72. The Bertz CT molecular complexity index is 1290. The first-order valence-electron chi connectivity index (χ1n) is 11.1. The fourth-order valence-corrected chi connectivity index (χ4v) is 4.21. The third-order valence-corrected chi connectivity index (χ3v) is 6.04. The summed E-state index contributed by atoms with van der Waals surface area (Å²) in [6.45, 7) is 6.34. The van der Waals surface area contributed by atoms with Crippen molar-refractivity contribution in [3.8, 4) is 12.0 Å². The molecule has 0 saturated carbocycles. The molecule has 1 radical (unpaired) electrons. The molecular formula is C22H25N8O2. The van der Waals surface area contributed by atoms with Gasteiger partial charge in [-0.25, -0.2) is 10.3 Å². The molecule has 3 aromatic heterocycles. The summed E-state index contributed by atoms with van der Waals surface area (Å²) in [5.74, 6) is 2.32. The maximum atomic E-state index is 6.08. The number of anilines is 1. The highest BCUT2D eigenvalue weighted by Gasteiger charge is 2.27. The van der Waals surface area contributed by atoms with Crippen LogP contribution in [0.15, 0.2) is 24.3 Å². The minimum atomic E-state index is 0.0778. The summed E-state index contributed by atoms with van der Waals surface area (Å²) in [5, 5.41) is 4.24. The van der Waals surface area contributed by atoms with E-state index in [2.05, 4.69) is 27.8 Å². The molecule has 165 valence electrons. The highest BCUT2D eigenvalue weighted by Crippen LogP contribution is 2.30. The molecule has 2 aliphatic rings. The number of hydrogen-bond acceptors (Lipinski definition) is 7. The van der Waals surface area contributed by atoms with Crippen LogP contribution >= 0.6 is 0 Å². The summed E-state index contributed by atoms with van der Waals surface area (Å²) in [6.07, 6.45) is 0.850. The van der Waals surface area contributed by atoms with E-state index in [-0.39, 0.29) is 6.10 Å². The number of morpholine rings is 1. The molecule has 0 atom stereocenters. The Morgan fingerprint density at radius 3 is 2.62 bits per heavy atom. The van der Waals surface area contributed by atoms with Crippen molar-refractivity contribution >= 4 is 28.0 Å². The number of ether oxygens (including phenoxy) is 2. The van der Waals surface area contributed by atoms with Crippen LogP contribution in [0.2, 0.25) is 0 Å². The normalized spacial score (nSPS) is 17.2. The highest BCUT2D eigenvalue weighted by molar-refractivity contribution is 5.86. The highest BCUT2D eigenvalue weighted by atomic mass is 16.5. The molecule has 5 heterocycles. The van der Waals surface area contributed by atoms with Crippen LogP contribution in [-0.2, 0) is 18.2 Å². The van der Waals surface area contributed by atoms with E-state index in [1.54, 1.807) is 0 Å². The quantitative estimate of drug-likeness (QED) is 0.470. The van der Waals surface area contributed by atoms with Crippen LogP contribution in [0.4, 0.5) is 5.82 Å². The van der Waals surface area contributed by atoms with Gasteiger partial charge in [0.15, 0.2) is 17.0 Å². The van der Waals surface area contributed by atoms with E-state index in [9.17, 15) is 0 Å². The van der Waals surface area contributed by atoms with Gasteiger partial charge in [-0.15, -0.1) is 0 Å². The Kier molecular flexibility index (Phi) is 4.69. The zero-order valence-electron chi connectivity index (χ0n) is 18.2. The van der Waals surface area contributed by atoms with Crippen LogP contribution in [0.25, 0.3) is 28.1 Å². The molecule has 0 bridgehead atoms. The Morgan fingerprint density at radius 1 is 1.06 bits per heavy atom. The SMILES string of the molecule is CCc1nc2ccccc2n1-c1nc(N2CCOCC2)c2nc(OC3C[N]C3)n(C)c2n1. The second-order valence-electron chi connectivity index (χ2n) is 8.11. The number of rotatable bonds is 5. The van der Waals surface area contributed by atoms with Crippen LogP contribution in [0.3, 0.4) is 0 Å². The van der Waals surface area contributed by atoms with Gasteiger partial charge < -0.3 is 14.4 Å². The van der Waals surface area contributed by atoms with Crippen molar-refractivity contribution in [2.24, 2.45) is 7.05 Å². The summed E-state index contributed by atoms with van der Waals surface area (Å²) in [7, 11) is 1.94. The third kappa shape index (κ3) is 3.09. The van der Waals surface area contributed by atoms with Crippen LogP contribution < -0.4 is 15.0 Å². The number of fused-ring (bicyclic) bond motifs is 2. The average molecular weight is 433 g/mol. The molecule has 0 amide bonds. The topological polar surface area (TPSA) is 97.2 Å². The minimum absolute atomic E-state index is 0.0778. The minimum Gasteiger partial charge on any atom is -0.458 e. The molecule has 32 heavy (non-hydrogen) atoms. The summed E-state index contributed by atoms with van der Waals surface area (Å²) in [4.78, 5) is 21.8. The summed E-state index contributed by atoms with van der Waals surface area (Å²) < 4.78 is 15.6. The molecule has 2 saturated heterocycles. The van der Waals surface area contributed by atoms with Gasteiger partial charge in [0.1, 0.15) is 11.9 Å². The Balaban J connectivity index is 1.57. The summed E-state index contributed by atoms with van der Waals surface area (Å²) in [5.41, 5.74) is 3.41. The standard InChI is InChI=1S/C22H25N8O2/c1-3-17-24-15-6-4-5-7-16(15)30(17)21-26-19-18(20(27-21)29-8-10-31-11-9-29)25-22(28(19)2)32-14-12-23-13-14/h4-7,14H,3,8-13H2,1-2H3. The lowest BCUT2D eigenvalue weighted by Crippen LogP contribution is -2.45. The van der Waals surface area contributed by atoms with Crippen molar-refractivity contribution in [1.82, 2.24) is 34.4 Å². The molecule has 2 fully saturated rings. The van der Waals surface area contributed by atoms with Crippen molar-refractivity contribution in [2.75, 3.05) is 44.3 Å². The molecule has 4 aromatic rings. The molecule has 6 rings (SSSR count). The van der Waals surface area contributed by atoms with Gasteiger partial charge in [0.2, 0.25) is 5.95 Å². The number of para-hydroxylation sites is 2. The van der Waals surface area contributed by atoms with Crippen LogP contribution in [-0.4, -0.2) is 74.6 Å². The molecule has 2 aliphatic heterocycles. The molecule has 10 nitrogen and oxygen atoms in total. The van der Waals surface area contributed by atoms with Crippen molar-refractivity contribution < 1.29 is 9.47 Å². The Hall–Kier alpha value is -3.24. The Labute approximate surface area is 185 Å². The van der Waals surface area contributed by atoms with Gasteiger partial charge in [0.05, 0.1) is 37.3 Å². The summed E-state index contributed by atoms with van der Waals surface area (Å²) in [6, 6.07) is 8.64. The zero-order valence-corrected chi connectivity index (χ0v) is 18.2. The fraction of sp³-hybridized carbons (Fsp3) is 0.455. The molecule has 0 aliphatic carbocycles. The monoisotopic (exact) mass is 433 g/mol. The molecule has 0 N–H and O–H groups in total. The van der Waals surface area contributed by atoms with Crippen molar-refractivity contribution in [3.05, 3.63) is 30.1 Å². The first-order chi connectivity index (χ1) is 15.7. The second-order valence-corrected chi connectivity index (χ2v) is 8.11. The largest absolute Gasteiger partial charge is 0.458 e. The van der Waals surface area contributed by atoms with Crippen molar-refractivity contribution in [3.63, 3.8) is 0 Å². The fourth-order valence-electron chi connectivity index (χ4n) is 4.21. The van der Waals surface area contributed by atoms with Gasteiger partial charge in [0.25, 0.3) is 6.01 Å². The van der Waals surface area contributed by atoms with Gasteiger partial charge in [-0.05, 0) is 12.1 Å². The van der Waals surface area contributed by atoms with Gasteiger partial charge in [-0.3, -0.25) is 9.13 Å². The number of aromatic nitrogens is 6. The van der Waals surface area contributed by atoms with E-state index >= 15 is 0 Å². The molecule has 10 heteroatoms. The molecule has 1 aromatic carbocycles. The van der Waals surface area contributed by atoms with Crippen molar-refractivity contribution in [1.29, 1.82) is 0 Å². The van der Waals surface area contributed by atoms with Gasteiger partial charge in [-0.2, -0.15) is 15.0 Å². The van der Waals surface area contributed by atoms with Gasteiger partial charge >= 0.3 is 0 Å². The molecule has 0 unspecified atom stereocenters. The van der Waals surface area contributed by atoms with Crippen molar-refractivity contribution in [2.45, 2.75) is 19.4 Å². The lowest BCUT2D eigenvalue weighted by Gasteiger charge is -2.28. The number of nitrogens with zero attached hydrogens (tertiary/aromatic N) is 8. The van der Waals surface area contributed by atoms with E-state index in [1.807, 2.05) is 29.8 Å². The maximum absolute atomic E-state index is 6.08. The van der Waals surface area contributed by atoms with Gasteiger partial charge in [-0.1, -0.05) is 19.1 Å². The van der Waals surface area contributed by atoms with E-state index in [1.165, 1.54) is 0 Å². The Morgan fingerprint density at radius 2 is 1.88 bits per heavy atom. The number of aryl methyl sites for hydroxylation is 2. The predicted molar refractivity (Wildman–Crippen MR) is 120 cm³/mol. The zero-order chi connectivity index (χ0) is 21.7. The van der Waals surface area contributed by atoms with E-state index in [0.717, 1.165) is 53.3 Å². The van der Waals surface area contributed by atoms with E-state index in [0.29, 0.717) is 38.3 Å². The van der Waals surface area contributed by atoms with E-state index < -0.39 is 0 Å². The molecule has 0 spiro atoms. The van der Waals surface area contributed by atoms with Crippen LogP contribution in [0.1, 0.15) is 12.7 Å². The average Bonchev–Trinajstić information content (AvgIpc) is 3.34. The van der Waals surface area contributed by atoms with E-state index in [4.69, 9.17) is 29.4 Å². The van der Waals surface area contributed by atoms with Gasteiger partial charge in [0, 0.05) is 26.6 Å². The first-order valence-corrected chi connectivity index (χ1v) is 11.1.